The van der Waals surface area contributed by atoms with Crippen LogP contribution in [-0.2, 0) is 30.2 Å². The average molecular weight is 542 g/mol. The highest BCUT2D eigenvalue weighted by atomic mass is 32.2. The zero-order valence-electron chi connectivity index (χ0n) is 19.1. The maximum absolute atomic E-state index is 13.2. The molecule has 0 aliphatic carbocycles. The number of phenols is 2. The first-order chi connectivity index (χ1) is 18.0. The van der Waals surface area contributed by atoms with Gasteiger partial charge in [-0.2, -0.15) is 8.42 Å². The lowest BCUT2D eigenvalue weighted by Crippen LogP contribution is -2.46. The van der Waals surface area contributed by atoms with Gasteiger partial charge in [0.1, 0.15) is 23.0 Å². The van der Waals surface area contributed by atoms with E-state index in [-0.39, 0.29) is 50.6 Å². The number of hydrazine groups is 1. The van der Waals surface area contributed by atoms with Gasteiger partial charge in [0, 0.05) is 35.4 Å². The van der Waals surface area contributed by atoms with Crippen LogP contribution < -0.4 is 9.75 Å². The number of carboxylic acid groups (broad SMARTS) is 1. The third kappa shape index (κ3) is 3.87. The largest absolute Gasteiger partial charge is 0.508 e. The first kappa shape index (κ1) is 25.0. The van der Waals surface area contributed by atoms with Gasteiger partial charge in [0.2, 0.25) is 6.41 Å². The molecule has 0 saturated heterocycles. The molecule has 13 nitrogen and oxygen atoms in total. The summed E-state index contributed by atoms with van der Waals surface area (Å²) in [6, 6.07) is 12.2. The molecule has 0 aromatic heterocycles. The number of anilines is 1. The summed E-state index contributed by atoms with van der Waals surface area (Å²) in [5.74, 6) is -2.19. The molecule has 1 amide bonds. The molecule has 196 valence electrons. The van der Waals surface area contributed by atoms with E-state index in [1.54, 1.807) is 0 Å². The summed E-state index contributed by atoms with van der Waals surface area (Å²) < 4.78 is 45.4. The fraction of sp³-hybridized carbons (Fsp3) is 0.125. The molecule has 1 spiro atoms. The molecule has 3 aromatic rings. The topological polar surface area (TPSA) is 191 Å². The van der Waals surface area contributed by atoms with Gasteiger partial charge in [-0.25, -0.2) is 9.80 Å². The number of rotatable bonds is 7. The Balaban J connectivity index is 1.68. The SMILES string of the molecule is O=CN(c1ccc2c(c1)C(=O)OC21c2ccc(O)cc2Oc2cc(O)ccc21)N(CCC(=O)O)S(=O)(=O)O. The van der Waals surface area contributed by atoms with Crippen LogP contribution in [-0.4, -0.2) is 57.6 Å². The molecule has 0 saturated carbocycles. The van der Waals surface area contributed by atoms with E-state index in [4.69, 9.17) is 14.6 Å². The third-order valence-electron chi connectivity index (χ3n) is 6.15. The molecular weight excluding hydrogens is 524 g/mol. The maximum atomic E-state index is 13.2. The summed E-state index contributed by atoms with van der Waals surface area (Å²) in [5, 5.41) is 29.4. The lowest BCUT2D eigenvalue weighted by Gasteiger charge is -2.36. The van der Waals surface area contributed by atoms with E-state index in [0.29, 0.717) is 16.1 Å². The number of esters is 1. The van der Waals surface area contributed by atoms with Crippen molar-refractivity contribution >= 4 is 34.3 Å². The van der Waals surface area contributed by atoms with Crippen molar-refractivity contribution in [3.63, 3.8) is 0 Å². The Hall–Kier alpha value is -4.66. The lowest BCUT2D eigenvalue weighted by atomic mass is 9.77. The molecule has 2 heterocycles. The molecule has 0 fully saturated rings. The zero-order valence-corrected chi connectivity index (χ0v) is 20.0. The van der Waals surface area contributed by atoms with Crippen molar-refractivity contribution in [2.45, 2.75) is 12.0 Å². The van der Waals surface area contributed by atoms with E-state index in [1.165, 1.54) is 48.5 Å². The number of hydrogen-bond acceptors (Lipinski definition) is 9. The van der Waals surface area contributed by atoms with Crippen LogP contribution in [0.2, 0.25) is 0 Å². The Morgan fingerprint density at radius 1 is 0.947 bits per heavy atom. The van der Waals surface area contributed by atoms with Crippen molar-refractivity contribution in [2.75, 3.05) is 11.6 Å². The molecule has 0 unspecified atom stereocenters. The normalized spacial score (nSPS) is 14.7. The fourth-order valence-corrected chi connectivity index (χ4v) is 5.28. The van der Waals surface area contributed by atoms with E-state index >= 15 is 0 Å². The number of aromatic hydroxyl groups is 2. The second-order valence-electron chi connectivity index (χ2n) is 8.38. The predicted octanol–water partition coefficient (Wildman–Crippen LogP) is 2.12. The van der Waals surface area contributed by atoms with Crippen molar-refractivity contribution < 1.29 is 52.1 Å². The van der Waals surface area contributed by atoms with E-state index in [9.17, 15) is 37.6 Å². The maximum Gasteiger partial charge on any atom is 0.353 e. The highest BCUT2D eigenvalue weighted by Gasteiger charge is 2.54. The van der Waals surface area contributed by atoms with Gasteiger partial charge >= 0.3 is 22.2 Å². The second kappa shape index (κ2) is 8.72. The summed E-state index contributed by atoms with van der Waals surface area (Å²) in [7, 11) is -5.08. The smallest absolute Gasteiger partial charge is 0.353 e. The summed E-state index contributed by atoms with van der Waals surface area (Å²) >= 11 is 0. The number of phenolic OH excluding ortho intramolecular Hbond substituents is 2. The Morgan fingerprint density at radius 2 is 1.53 bits per heavy atom. The predicted molar refractivity (Wildman–Crippen MR) is 127 cm³/mol. The molecular formula is C24H18N2O11S. The number of ether oxygens (including phenoxy) is 2. The van der Waals surface area contributed by atoms with Gasteiger partial charge in [-0.15, -0.1) is 0 Å². The van der Waals surface area contributed by atoms with Crippen LogP contribution in [0.25, 0.3) is 0 Å². The van der Waals surface area contributed by atoms with Crippen LogP contribution >= 0.6 is 0 Å². The van der Waals surface area contributed by atoms with Crippen LogP contribution in [0, 0.1) is 0 Å². The summed E-state index contributed by atoms with van der Waals surface area (Å²) in [6.07, 6.45) is -0.689. The molecule has 3 aromatic carbocycles. The van der Waals surface area contributed by atoms with Crippen LogP contribution in [0.15, 0.2) is 54.6 Å². The van der Waals surface area contributed by atoms with Crippen LogP contribution in [0.1, 0.15) is 33.5 Å². The highest BCUT2D eigenvalue weighted by Crippen LogP contribution is 2.57. The number of fused-ring (bicyclic) bond motifs is 6. The van der Waals surface area contributed by atoms with Crippen molar-refractivity contribution in [3.05, 3.63) is 76.9 Å². The van der Waals surface area contributed by atoms with Gasteiger partial charge < -0.3 is 24.8 Å². The lowest BCUT2D eigenvalue weighted by molar-refractivity contribution is -0.137. The Kier molecular flexibility index (Phi) is 5.74. The highest BCUT2D eigenvalue weighted by molar-refractivity contribution is 7.83. The molecule has 2 aliphatic rings. The van der Waals surface area contributed by atoms with Crippen molar-refractivity contribution in [3.8, 4) is 23.0 Å². The van der Waals surface area contributed by atoms with Gasteiger partial charge in [0.25, 0.3) is 0 Å². The standard InChI is InChI=1S/C24H18N2O11S/c27-12-25(26(38(33,34)35)8-7-22(30)31)13-1-4-17-16(9-13)23(32)37-24(17)18-5-2-14(28)10-20(18)36-21-11-15(29)3-6-19(21)24/h1-6,9-12,28-29H,7-8H2,(H,30,31)(H,33,34,35). The molecule has 14 heteroatoms. The molecule has 0 radical (unpaired) electrons. The minimum Gasteiger partial charge on any atom is -0.508 e. The number of amides is 1. The third-order valence-corrected chi connectivity index (χ3v) is 7.04. The monoisotopic (exact) mass is 542 g/mol. The van der Waals surface area contributed by atoms with Crippen LogP contribution in [0.4, 0.5) is 5.69 Å². The summed E-state index contributed by atoms with van der Waals surface area (Å²) in [4.78, 5) is 36.1. The minimum atomic E-state index is -5.08. The van der Waals surface area contributed by atoms with Gasteiger partial charge in [-0.1, -0.05) is 10.5 Å². The van der Waals surface area contributed by atoms with Gasteiger partial charge in [0.05, 0.1) is 17.7 Å². The summed E-state index contributed by atoms with van der Waals surface area (Å²) in [6.45, 7) is -0.774. The second-order valence-corrected chi connectivity index (χ2v) is 9.70. The fourth-order valence-electron chi connectivity index (χ4n) is 4.60. The van der Waals surface area contributed by atoms with Crippen molar-refractivity contribution in [2.24, 2.45) is 0 Å². The summed E-state index contributed by atoms with van der Waals surface area (Å²) in [5.41, 5.74) is -0.859. The number of aliphatic carboxylic acids is 1. The molecule has 0 bridgehead atoms. The van der Waals surface area contributed by atoms with Gasteiger partial charge in [-0.05, 0) is 36.4 Å². The molecule has 38 heavy (non-hydrogen) atoms. The number of carboxylic acids is 1. The number of hydrogen-bond donors (Lipinski definition) is 4. The quantitative estimate of drug-likeness (QED) is 0.148. The van der Waals surface area contributed by atoms with Crippen molar-refractivity contribution in [1.82, 2.24) is 4.41 Å². The molecule has 4 N–H and O–H groups in total. The van der Waals surface area contributed by atoms with E-state index in [1.807, 2.05) is 0 Å². The minimum absolute atomic E-state index is 0.0397. The molecule has 5 rings (SSSR count). The first-order valence-corrected chi connectivity index (χ1v) is 12.3. The Bertz CT molecular complexity index is 1570. The number of benzene rings is 3. The van der Waals surface area contributed by atoms with Crippen LogP contribution in [0.5, 0.6) is 23.0 Å². The van der Waals surface area contributed by atoms with E-state index in [2.05, 4.69) is 0 Å². The Labute approximate surface area is 214 Å². The number of carbonyl (C=O) groups is 3. The van der Waals surface area contributed by atoms with Crippen molar-refractivity contribution in [1.29, 1.82) is 0 Å². The van der Waals surface area contributed by atoms with E-state index in [0.717, 1.165) is 6.07 Å². The molecule has 0 atom stereocenters. The first-order valence-electron chi connectivity index (χ1n) is 10.9. The average Bonchev–Trinajstić information content (AvgIpc) is 3.12. The Morgan fingerprint density at radius 3 is 2.05 bits per heavy atom. The zero-order chi connectivity index (χ0) is 27.4. The number of carbonyl (C=O) groups excluding carboxylic acids is 2. The van der Waals surface area contributed by atoms with Gasteiger partial charge in [-0.3, -0.25) is 14.1 Å². The van der Waals surface area contributed by atoms with E-state index < -0.39 is 40.8 Å². The van der Waals surface area contributed by atoms with Gasteiger partial charge in [0.15, 0.2) is 5.60 Å². The van der Waals surface area contributed by atoms with Crippen LogP contribution in [0.3, 0.4) is 0 Å². The molecule has 2 aliphatic heterocycles. The number of nitrogens with zero attached hydrogens (tertiary/aromatic N) is 2.